The largest absolute Gasteiger partial charge is 0.481 e. The van der Waals surface area contributed by atoms with E-state index >= 15 is 0 Å². The van der Waals surface area contributed by atoms with E-state index in [1.54, 1.807) is 4.90 Å². The van der Waals surface area contributed by atoms with Crippen molar-refractivity contribution in [1.29, 1.82) is 0 Å². The summed E-state index contributed by atoms with van der Waals surface area (Å²) in [7, 11) is 0. The zero-order chi connectivity index (χ0) is 12.4. The topological polar surface area (TPSA) is 60.9 Å². The van der Waals surface area contributed by atoms with Gasteiger partial charge in [0, 0.05) is 25.7 Å². The van der Waals surface area contributed by atoms with Crippen molar-refractivity contribution in [2.24, 2.45) is 5.92 Å². The molecule has 0 radical (unpaired) electrons. The number of hydrogen-bond donors (Lipinski definition) is 1. The molecular formula is C12H20N2O3. The Kier molecular flexibility index (Phi) is 3.54. The minimum absolute atomic E-state index is 0.0399. The van der Waals surface area contributed by atoms with Gasteiger partial charge < -0.3 is 14.9 Å². The highest BCUT2D eigenvalue weighted by Crippen LogP contribution is 2.29. The monoisotopic (exact) mass is 240 g/mol. The number of carboxylic acids is 1. The number of urea groups is 1. The minimum atomic E-state index is -0.784. The van der Waals surface area contributed by atoms with Crippen LogP contribution in [0.4, 0.5) is 4.79 Å². The lowest BCUT2D eigenvalue weighted by molar-refractivity contribution is -0.141. The van der Waals surface area contributed by atoms with Crippen molar-refractivity contribution in [2.75, 3.05) is 19.6 Å². The maximum Gasteiger partial charge on any atom is 0.320 e. The van der Waals surface area contributed by atoms with Gasteiger partial charge in [-0.3, -0.25) is 4.79 Å². The van der Waals surface area contributed by atoms with Gasteiger partial charge in [-0.1, -0.05) is 6.92 Å². The van der Waals surface area contributed by atoms with Crippen LogP contribution in [0.15, 0.2) is 0 Å². The normalized spacial score (nSPS) is 23.8. The first-order valence-corrected chi connectivity index (χ1v) is 6.41. The molecule has 0 aromatic rings. The van der Waals surface area contributed by atoms with Crippen LogP contribution in [0.1, 0.15) is 32.6 Å². The second-order valence-corrected chi connectivity index (χ2v) is 4.98. The molecule has 96 valence electrons. The van der Waals surface area contributed by atoms with Gasteiger partial charge in [-0.25, -0.2) is 4.79 Å². The molecule has 2 rings (SSSR count). The SMILES string of the molecule is CCCN(C(=O)N1CCC(C(=O)O)C1)C1CC1. The first-order valence-electron chi connectivity index (χ1n) is 6.41. The van der Waals surface area contributed by atoms with Crippen molar-refractivity contribution in [2.45, 2.75) is 38.6 Å². The van der Waals surface area contributed by atoms with E-state index in [0.717, 1.165) is 25.8 Å². The second kappa shape index (κ2) is 4.94. The van der Waals surface area contributed by atoms with E-state index in [1.807, 2.05) is 4.90 Å². The summed E-state index contributed by atoms with van der Waals surface area (Å²) in [6.07, 6.45) is 3.74. The number of carbonyl (C=O) groups is 2. The first kappa shape index (κ1) is 12.2. The van der Waals surface area contributed by atoms with E-state index in [4.69, 9.17) is 5.11 Å². The van der Waals surface area contributed by atoms with Gasteiger partial charge in [0.25, 0.3) is 0 Å². The molecule has 17 heavy (non-hydrogen) atoms. The van der Waals surface area contributed by atoms with Crippen molar-refractivity contribution < 1.29 is 14.7 Å². The maximum absolute atomic E-state index is 12.2. The summed E-state index contributed by atoms with van der Waals surface area (Å²) < 4.78 is 0. The molecule has 0 aromatic heterocycles. The molecule has 0 spiro atoms. The molecule has 2 amide bonds. The molecule has 1 atom stereocenters. The van der Waals surface area contributed by atoms with Crippen LogP contribution in [-0.4, -0.2) is 52.6 Å². The van der Waals surface area contributed by atoms with Crippen molar-refractivity contribution in [3.63, 3.8) is 0 Å². The van der Waals surface area contributed by atoms with E-state index in [2.05, 4.69) is 6.92 Å². The Balaban J connectivity index is 1.92. The smallest absolute Gasteiger partial charge is 0.320 e. The third-order valence-electron chi connectivity index (χ3n) is 3.51. The van der Waals surface area contributed by atoms with Crippen LogP contribution in [-0.2, 0) is 4.79 Å². The predicted molar refractivity (Wildman–Crippen MR) is 62.7 cm³/mol. The highest BCUT2D eigenvalue weighted by molar-refractivity contribution is 5.78. The van der Waals surface area contributed by atoms with Gasteiger partial charge in [0.15, 0.2) is 0 Å². The van der Waals surface area contributed by atoms with E-state index in [1.165, 1.54) is 0 Å². The predicted octanol–water partition coefficient (Wildman–Crippen LogP) is 1.39. The van der Waals surface area contributed by atoms with Gasteiger partial charge in [0.05, 0.1) is 5.92 Å². The maximum atomic E-state index is 12.2. The highest BCUT2D eigenvalue weighted by atomic mass is 16.4. The van der Waals surface area contributed by atoms with Crippen LogP contribution in [0, 0.1) is 5.92 Å². The van der Waals surface area contributed by atoms with Gasteiger partial charge >= 0.3 is 12.0 Å². The Hall–Kier alpha value is -1.26. The fraction of sp³-hybridized carbons (Fsp3) is 0.833. The van der Waals surface area contributed by atoms with E-state index in [-0.39, 0.29) is 11.9 Å². The van der Waals surface area contributed by atoms with Crippen LogP contribution in [0.5, 0.6) is 0 Å². The number of likely N-dealkylation sites (tertiary alicyclic amines) is 1. The number of amides is 2. The van der Waals surface area contributed by atoms with E-state index in [9.17, 15) is 9.59 Å². The molecule has 2 fully saturated rings. The van der Waals surface area contributed by atoms with E-state index < -0.39 is 5.97 Å². The highest BCUT2D eigenvalue weighted by Gasteiger charge is 2.38. The van der Waals surface area contributed by atoms with Crippen molar-refractivity contribution >= 4 is 12.0 Å². The molecule has 1 unspecified atom stereocenters. The second-order valence-electron chi connectivity index (χ2n) is 4.98. The molecule has 1 N–H and O–H groups in total. The summed E-state index contributed by atoms with van der Waals surface area (Å²) in [6, 6.07) is 0.449. The molecule has 1 aliphatic carbocycles. The lowest BCUT2D eigenvalue weighted by Gasteiger charge is -2.27. The molecule has 1 heterocycles. The fourth-order valence-electron chi connectivity index (χ4n) is 2.38. The summed E-state index contributed by atoms with van der Waals surface area (Å²) in [4.78, 5) is 26.7. The van der Waals surface area contributed by atoms with Crippen LogP contribution in [0.25, 0.3) is 0 Å². The molecule has 5 nitrogen and oxygen atoms in total. The van der Waals surface area contributed by atoms with Crippen molar-refractivity contribution in [3.8, 4) is 0 Å². The molecule has 2 aliphatic rings. The number of rotatable bonds is 4. The van der Waals surface area contributed by atoms with Crippen LogP contribution >= 0.6 is 0 Å². The number of aliphatic carboxylic acids is 1. The number of hydrogen-bond acceptors (Lipinski definition) is 2. The molecular weight excluding hydrogens is 220 g/mol. The molecule has 0 aromatic carbocycles. The number of nitrogens with zero attached hydrogens (tertiary/aromatic N) is 2. The molecule has 1 aliphatic heterocycles. The van der Waals surface area contributed by atoms with Gasteiger partial charge in [-0.2, -0.15) is 0 Å². The summed E-state index contributed by atoms with van der Waals surface area (Å²) in [5, 5.41) is 8.92. The van der Waals surface area contributed by atoms with Crippen molar-refractivity contribution in [1.82, 2.24) is 9.80 Å². The van der Waals surface area contributed by atoms with Crippen LogP contribution < -0.4 is 0 Å². The number of carboxylic acid groups (broad SMARTS) is 1. The average Bonchev–Trinajstić information content (AvgIpc) is 3.00. The van der Waals surface area contributed by atoms with Gasteiger partial charge in [0.1, 0.15) is 0 Å². The molecule has 0 bridgehead atoms. The Labute approximate surface area is 101 Å². The Bertz CT molecular complexity index is 315. The summed E-state index contributed by atoms with van der Waals surface area (Å²) in [5.74, 6) is -1.16. The Morgan fingerprint density at radius 3 is 2.53 bits per heavy atom. The first-order chi connectivity index (χ1) is 8.13. The Morgan fingerprint density at radius 1 is 1.35 bits per heavy atom. The standard InChI is InChI=1S/C12H20N2O3/c1-2-6-14(10-3-4-10)12(17)13-7-5-9(8-13)11(15)16/h9-10H,2-8H2,1H3,(H,15,16). The van der Waals surface area contributed by atoms with Gasteiger partial charge in [-0.05, 0) is 25.7 Å². The third-order valence-corrected chi connectivity index (χ3v) is 3.51. The zero-order valence-electron chi connectivity index (χ0n) is 10.3. The van der Waals surface area contributed by atoms with Crippen LogP contribution in [0.3, 0.4) is 0 Å². The molecule has 5 heteroatoms. The quantitative estimate of drug-likeness (QED) is 0.807. The summed E-state index contributed by atoms with van der Waals surface area (Å²) in [6.45, 7) is 3.81. The average molecular weight is 240 g/mol. The van der Waals surface area contributed by atoms with Crippen LogP contribution in [0.2, 0.25) is 0 Å². The Morgan fingerprint density at radius 2 is 2.06 bits per heavy atom. The van der Waals surface area contributed by atoms with Gasteiger partial charge in [0.2, 0.25) is 0 Å². The van der Waals surface area contributed by atoms with E-state index in [0.29, 0.717) is 25.6 Å². The summed E-state index contributed by atoms with van der Waals surface area (Å²) in [5.41, 5.74) is 0. The zero-order valence-corrected chi connectivity index (χ0v) is 10.3. The molecule has 1 saturated heterocycles. The van der Waals surface area contributed by atoms with Gasteiger partial charge in [-0.15, -0.1) is 0 Å². The van der Waals surface area contributed by atoms with Crippen molar-refractivity contribution in [3.05, 3.63) is 0 Å². The fourth-order valence-corrected chi connectivity index (χ4v) is 2.38. The lowest BCUT2D eigenvalue weighted by Crippen LogP contribution is -2.44. The molecule has 1 saturated carbocycles. The minimum Gasteiger partial charge on any atom is -0.481 e. The third kappa shape index (κ3) is 2.70. The summed E-state index contributed by atoms with van der Waals surface area (Å²) >= 11 is 0. The number of carbonyl (C=O) groups excluding carboxylic acids is 1. The lowest BCUT2D eigenvalue weighted by atomic mass is 10.1.